The van der Waals surface area contributed by atoms with Crippen molar-refractivity contribution in [2.24, 2.45) is 0 Å². The number of hydrogen-bond acceptors (Lipinski definition) is 3. The topological polar surface area (TPSA) is 30.5 Å². The van der Waals surface area contributed by atoms with Gasteiger partial charge in [0.25, 0.3) is 0 Å². The molecule has 0 bridgehead atoms. The minimum Gasteiger partial charge on any atom is -0.381 e. The SMILES string of the molecule is C[C@@H](NC1CCOC2(CCOCC2)C1)c1ccccc1Br. The Labute approximate surface area is 135 Å². The molecule has 2 saturated heterocycles. The molecule has 116 valence electrons. The van der Waals surface area contributed by atoms with E-state index in [0.29, 0.717) is 12.1 Å². The van der Waals surface area contributed by atoms with Crippen molar-refractivity contribution in [3.05, 3.63) is 34.3 Å². The normalized spacial score (nSPS) is 26.7. The average Bonchev–Trinajstić information content (AvgIpc) is 2.48. The molecular formula is C17H24BrNO2. The van der Waals surface area contributed by atoms with E-state index in [-0.39, 0.29) is 5.60 Å². The smallest absolute Gasteiger partial charge is 0.0741 e. The zero-order valence-electron chi connectivity index (χ0n) is 12.6. The summed E-state index contributed by atoms with van der Waals surface area (Å²) < 4.78 is 12.8. The van der Waals surface area contributed by atoms with Gasteiger partial charge in [0, 0.05) is 36.4 Å². The van der Waals surface area contributed by atoms with Crippen LogP contribution in [0.15, 0.2) is 28.7 Å². The van der Waals surface area contributed by atoms with E-state index in [1.165, 1.54) is 10.0 Å². The zero-order chi connectivity index (χ0) is 14.7. The molecule has 2 heterocycles. The van der Waals surface area contributed by atoms with Gasteiger partial charge in [0.2, 0.25) is 0 Å². The monoisotopic (exact) mass is 353 g/mol. The number of ether oxygens (including phenoxy) is 2. The van der Waals surface area contributed by atoms with Gasteiger partial charge < -0.3 is 14.8 Å². The molecule has 0 aliphatic carbocycles. The maximum atomic E-state index is 6.12. The van der Waals surface area contributed by atoms with Gasteiger partial charge in [-0.2, -0.15) is 0 Å². The van der Waals surface area contributed by atoms with Crippen molar-refractivity contribution in [1.29, 1.82) is 0 Å². The van der Waals surface area contributed by atoms with Gasteiger partial charge in [-0.25, -0.2) is 0 Å². The second-order valence-corrected chi connectivity index (χ2v) is 7.10. The van der Waals surface area contributed by atoms with Gasteiger partial charge in [-0.15, -0.1) is 0 Å². The van der Waals surface area contributed by atoms with Crippen LogP contribution < -0.4 is 5.32 Å². The van der Waals surface area contributed by atoms with E-state index < -0.39 is 0 Å². The van der Waals surface area contributed by atoms with Crippen LogP contribution in [0.4, 0.5) is 0 Å². The lowest BCUT2D eigenvalue weighted by Gasteiger charge is -2.44. The summed E-state index contributed by atoms with van der Waals surface area (Å²) in [6, 6.07) is 9.33. The Bertz CT molecular complexity index is 468. The van der Waals surface area contributed by atoms with Gasteiger partial charge in [-0.1, -0.05) is 34.1 Å². The lowest BCUT2D eigenvalue weighted by atomic mass is 9.83. The first kappa shape index (κ1) is 15.5. The molecule has 3 rings (SSSR count). The van der Waals surface area contributed by atoms with E-state index >= 15 is 0 Å². The fraction of sp³-hybridized carbons (Fsp3) is 0.647. The second kappa shape index (κ2) is 6.78. The van der Waals surface area contributed by atoms with Crippen LogP contribution in [0.25, 0.3) is 0 Å². The molecule has 1 aromatic rings. The third-order valence-electron chi connectivity index (χ3n) is 4.75. The lowest BCUT2D eigenvalue weighted by Crippen LogP contribution is -2.50. The van der Waals surface area contributed by atoms with Crippen molar-refractivity contribution in [2.75, 3.05) is 19.8 Å². The summed E-state index contributed by atoms with van der Waals surface area (Å²) >= 11 is 3.65. The van der Waals surface area contributed by atoms with Gasteiger partial charge in [0.1, 0.15) is 0 Å². The molecule has 21 heavy (non-hydrogen) atoms. The number of benzene rings is 1. The Morgan fingerprint density at radius 1 is 1.24 bits per heavy atom. The van der Waals surface area contributed by atoms with Crippen molar-refractivity contribution >= 4 is 15.9 Å². The molecule has 2 atom stereocenters. The van der Waals surface area contributed by atoms with Crippen LogP contribution in [0.2, 0.25) is 0 Å². The van der Waals surface area contributed by atoms with Crippen LogP contribution in [0, 0.1) is 0 Å². The summed E-state index contributed by atoms with van der Waals surface area (Å²) in [5.41, 5.74) is 1.38. The molecule has 2 aliphatic rings. The van der Waals surface area contributed by atoms with Gasteiger partial charge >= 0.3 is 0 Å². The molecule has 2 fully saturated rings. The summed E-state index contributed by atoms with van der Waals surface area (Å²) in [6.07, 6.45) is 4.27. The number of nitrogens with one attached hydrogen (secondary N) is 1. The van der Waals surface area contributed by atoms with E-state index in [2.05, 4.69) is 52.4 Å². The highest BCUT2D eigenvalue weighted by Gasteiger charge is 2.39. The third-order valence-corrected chi connectivity index (χ3v) is 5.48. The maximum absolute atomic E-state index is 6.12. The molecule has 1 spiro atoms. The van der Waals surface area contributed by atoms with Crippen LogP contribution in [0.1, 0.15) is 44.2 Å². The Kier molecular flexibility index (Phi) is 4.99. The Hall–Kier alpha value is -0.420. The highest BCUT2D eigenvalue weighted by molar-refractivity contribution is 9.10. The molecule has 3 nitrogen and oxygen atoms in total. The van der Waals surface area contributed by atoms with Crippen molar-refractivity contribution in [1.82, 2.24) is 5.32 Å². The average molecular weight is 354 g/mol. The van der Waals surface area contributed by atoms with Crippen LogP contribution in [0.5, 0.6) is 0 Å². The summed E-state index contributed by atoms with van der Waals surface area (Å²) in [7, 11) is 0. The van der Waals surface area contributed by atoms with Gasteiger partial charge in [-0.3, -0.25) is 0 Å². The van der Waals surface area contributed by atoms with E-state index in [9.17, 15) is 0 Å². The van der Waals surface area contributed by atoms with Gasteiger partial charge in [0.05, 0.1) is 5.60 Å². The van der Waals surface area contributed by atoms with Crippen LogP contribution >= 0.6 is 15.9 Å². The Balaban J connectivity index is 1.63. The zero-order valence-corrected chi connectivity index (χ0v) is 14.2. The molecule has 2 aliphatic heterocycles. The predicted octanol–water partition coefficient (Wildman–Crippen LogP) is 3.83. The molecule has 1 aromatic carbocycles. The van der Waals surface area contributed by atoms with E-state index in [4.69, 9.17) is 9.47 Å². The standard InChI is InChI=1S/C17H24BrNO2/c1-13(15-4-2-3-5-16(15)18)19-14-6-9-21-17(12-14)7-10-20-11-8-17/h2-5,13-14,19H,6-12H2,1H3/t13-,14?/m1/s1. The summed E-state index contributed by atoms with van der Waals surface area (Å²) in [6.45, 7) is 4.78. The van der Waals surface area contributed by atoms with E-state index in [1.807, 2.05) is 0 Å². The first-order chi connectivity index (χ1) is 10.2. The van der Waals surface area contributed by atoms with E-state index in [1.54, 1.807) is 0 Å². The van der Waals surface area contributed by atoms with E-state index in [0.717, 1.165) is 45.5 Å². The van der Waals surface area contributed by atoms with Crippen molar-refractivity contribution < 1.29 is 9.47 Å². The third kappa shape index (κ3) is 3.67. The first-order valence-electron chi connectivity index (χ1n) is 7.91. The lowest BCUT2D eigenvalue weighted by molar-refractivity contribution is -0.140. The summed E-state index contributed by atoms with van der Waals surface area (Å²) in [5.74, 6) is 0. The molecule has 4 heteroatoms. The largest absolute Gasteiger partial charge is 0.381 e. The highest BCUT2D eigenvalue weighted by Crippen LogP contribution is 2.35. The minimum absolute atomic E-state index is 0.0573. The Morgan fingerprint density at radius 3 is 2.76 bits per heavy atom. The van der Waals surface area contributed by atoms with Gasteiger partial charge in [-0.05, 0) is 44.2 Å². The van der Waals surface area contributed by atoms with Crippen molar-refractivity contribution in [3.8, 4) is 0 Å². The minimum atomic E-state index is 0.0573. The highest BCUT2D eigenvalue weighted by atomic mass is 79.9. The molecule has 1 unspecified atom stereocenters. The number of rotatable bonds is 3. The quantitative estimate of drug-likeness (QED) is 0.895. The number of halogens is 1. The van der Waals surface area contributed by atoms with Crippen LogP contribution in [-0.4, -0.2) is 31.5 Å². The maximum Gasteiger partial charge on any atom is 0.0741 e. The van der Waals surface area contributed by atoms with Crippen LogP contribution in [0.3, 0.4) is 0 Å². The molecule has 1 N–H and O–H groups in total. The molecule has 0 saturated carbocycles. The van der Waals surface area contributed by atoms with Crippen molar-refractivity contribution in [3.63, 3.8) is 0 Å². The molecular weight excluding hydrogens is 330 g/mol. The molecule has 0 amide bonds. The fourth-order valence-corrected chi connectivity index (χ4v) is 4.16. The molecule has 0 aromatic heterocycles. The first-order valence-corrected chi connectivity index (χ1v) is 8.70. The second-order valence-electron chi connectivity index (χ2n) is 6.24. The fourth-order valence-electron chi connectivity index (χ4n) is 3.53. The predicted molar refractivity (Wildman–Crippen MR) is 87.5 cm³/mol. The summed E-state index contributed by atoms with van der Waals surface area (Å²) in [4.78, 5) is 0. The molecule has 0 radical (unpaired) electrons. The summed E-state index contributed by atoms with van der Waals surface area (Å²) in [5, 5.41) is 3.80. The van der Waals surface area contributed by atoms with Crippen LogP contribution in [-0.2, 0) is 9.47 Å². The van der Waals surface area contributed by atoms with Gasteiger partial charge in [0.15, 0.2) is 0 Å². The number of hydrogen-bond donors (Lipinski definition) is 1. The van der Waals surface area contributed by atoms with Crippen molar-refractivity contribution in [2.45, 2.75) is 50.3 Å². The Morgan fingerprint density at radius 2 is 2.00 bits per heavy atom.